The standard InChI is InChI=1S/C8H10O2S/c9-8(10)4-3-7-2-1-5-11-6-7/h2-4H,1,5-6H2,(H,9,10)/b4-3+. The lowest BCUT2D eigenvalue weighted by molar-refractivity contribution is -0.131. The van der Waals surface area contributed by atoms with Crippen LogP contribution in [0.1, 0.15) is 6.42 Å². The number of carboxylic acids is 1. The van der Waals surface area contributed by atoms with Crippen LogP contribution in [-0.2, 0) is 4.79 Å². The van der Waals surface area contributed by atoms with Crippen molar-refractivity contribution >= 4 is 17.7 Å². The van der Waals surface area contributed by atoms with Crippen LogP contribution < -0.4 is 0 Å². The van der Waals surface area contributed by atoms with Crippen LogP contribution in [0.4, 0.5) is 0 Å². The molecule has 1 N–H and O–H groups in total. The lowest BCUT2D eigenvalue weighted by atomic mass is 10.2. The van der Waals surface area contributed by atoms with Crippen LogP contribution in [0.2, 0.25) is 0 Å². The van der Waals surface area contributed by atoms with Gasteiger partial charge in [-0.3, -0.25) is 0 Å². The molecule has 0 aromatic rings. The van der Waals surface area contributed by atoms with E-state index >= 15 is 0 Å². The molecule has 1 rings (SSSR count). The van der Waals surface area contributed by atoms with Gasteiger partial charge in [0.1, 0.15) is 0 Å². The van der Waals surface area contributed by atoms with Gasteiger partial charge in [-0.2, -0.15) is 11.8 Å². The minimum Gasteiger partial charge on any atom is -0.478 e. The van der Waals surface area contributed by atoms with Gasteiger partial charge < -0.3 is 5.11 Å². The summed E-state index contributed by atoms with van der Waals surface area (Å²) in [6.45, 7) is 0. The summed E-state index contributed by atoms with van der Waals surface area (Å²) in [6.07, 6.45) is 6.02. The Labute approximate surface area is 70.0 Å². The molecule has 0 amide bonds. The molecule has 3 heteroatoms. The summed E-state index contributed by atoms with van der Waals surface area (Å²) in [7, 11) is 0. The van der Waals surface area contributed by atoms with Crippen molar-refractivity contribution in [3.05, 3.63) is 23.8 Å². The minimum absolute atomic E-state index is 0.874. The van der Waals surface area contributed by atoms with Gasteiger partial charge in [0.25, 0.3) is 0 Å². The average molecular weight is 170 g/mol. The lowest BCUT2D eigenvalue weighted by Crippen LogP contribution is -1.94. The first-order valence-corrected chi connectivity index (χ1v) is 4.62. The van der Waals surface area contributed by atoms with E-state index in [0.717, 1.165) is 23.5 Å². The third kappa shape index (κ3) is 3.28. The molecule has 0 aromatic heterocycles. The maximum absolute atomic E-state index is 10.1. The maximum atomic E-state index is 10.1. The molecule has 1 heterocycles. The molecule has 0 saturated carbocycles. The van der Waals surface area contributed by atoms with Crippen molar-refractivity contribution in [2.45, 2.75) is 6.42 Å². The molecule has 0 atom stereocenters. The molecule has 11 heavy (non-hydrogen) atoms. The quantitative estimate of drug-likeness (QED) is 0.641. The fraction of sp³-hybridized carbons (Fsp3) is 0.375. The van der Waals surface area contributed by atoms with E-state index in [1.165, 1.54) is 6.08 Å². The molecule has 0 aliphatic carbocycles. The lowest BCUT2D eigenvalue weighted by Gasteiger charge is -2.07. The van der Waals surface area contributed by atoms with E-state index in [1.807, 2.05) is 11.8 Å². The smallest absolute Gasteiger partial charge is 0.328 e. The molecular weight excluding hydrogens is 160 g/mol. The van der Waals surface area contributed by atoms with Crippen LogP contribution in [0.3, 0.4) is 0 Å². The van der Waals surface area contributed by atoms with Crippen molar-refractivity contribution in [2.24, 2.45) is 0 Å². The normalized spacial score (nSPS) is 18.4. The van der Waals surface area contributed by atoms with Crippen molar-refractivity contribution in [3.8, 4) is 0 Å². The van der Waals surface area contributed by atoms with Gasteiger partial charge in [-0.05, 0) is 17.7 Å². The molecule has 0 saturated heterocycles. The van der Waals surface area contributed by atoms with Crippen LogP contribution in [0.5, 0.6) is 0 Å². The van der Waals surface area contributed by atoms with Crippen LogP contribution in [-0.4, -0.2) is 22.6 Å². The monoisotopic (exact) mass is 170 g/mol. The van der Waals surface area contributed by atoms with Crippen LogP contribution in [0, 0.1) is 0 Å². The van der Waals surface area contributed by atoms with Gasteiger partial charge in [-0.25, -0.2) is 4.79 Å². The Morgan fingerprint density at radius 1 is 1.73 bits per heavy atom. The fourth-order valence-corrected chi connectivity index (χ4v) is 1.75. The summed E-state index contributed by atoms with van der Waals surface area (Å²) in [5.74, 6) is 1.23. The van der Waals surface area contributed by atoms with Crippen LogP contribution in [0.15, 0.2) is 23.8 Å². The molecule has 0 bridgehead atoms. The zero-order valence-corrected chi connectivity index (χ0v) is 6.93. The zero-order chi connectivity index (χ0) is 8.10. The molecule has 0 fully saturated rings. The Balaban J connectivity index is 2.47. The predicted octanol–water partition coefficient (Wildman–Crippen LogP) is 1.69. The third-order valence-electron chi connectivity index (χ3n) is 1.38. The van der Waals surface area contributed by atoms with Crippen molar-refractivity contribution in [2.75, 3.05) is 11.5 Å². The number of aliphatic carboxylic acids is 1. The van der Waals surface area contributed by atoms with Gasteiger partial charge in [0.15, 0.2) is 0 Å². The Morgan fingerprint density at radius 3 is 3.09 bits per heavy atom. The second-order valence-electron chi connectivity index (χ2n) is 2.29. The highest BCUT2D eigenvalue weighted by molar-refractivity contribution is 7.99. The Kier molecular flexibility index (Phi) is 3.23. The molecule has 2 nitrogen and oxygen atoms in total. The largest absolute Gasteiger partial charge is 0.478 e. The summed E-state index contributed by atoms with van der Waals surface area (Å²) in [4.78, 5) is 10.1. The van der Waals surface area contributed by atoms with Crippen molar-refractivity contribution in [1.82, 2.24) is 0 Å². The highest BCUT2D eigenvalue weighted by atomic mass is 32.2. The number of carboxylic acid groups (broad SMARTS) is 1. The number of thioether (sulfide) groups is 1. The van der Waals surface area contributed by atoms with E-state index in [-0.39, 0.29) is 0 Å². The first kappa shape index (κ1) is 8.40. The van der Waals surface area contributed by atoms with E-state index in [0.29, 0.717) is 0 Å². The molecule has 1 aliphatic heterocycles. The van der Waals surface area contributed by atoms with Gasteiger partial charge in [-0.15, -0.1) is 0 Å². The minimum atomic E-state index is -0.874. The van der Waals surface area contributed by atoms with E-state index < -0.39 is 5.97 Å². The number of hydrogen-bond acceptors (Lipinski definition) is 2. The molecule has 1 aliphatic rings. The zero-order valence-electron chi connectivity index (χ0n) is 6.12. The van der Waals surface area contributed by atoms with Crippen LogP contribution in [0.25, 0.3) is 0 Å². The number of allylic oxidation sites excluding steroid dienone is 2. The van der Waals surface area contributed by atoms with Gasteiger partial charge in [0.2, 0.25) is 0 Å². The molecule has 0 unspecified atom stereocenters. The maximum Gasteiger partial charge on any atom is 0.328 e. The Hall–Kier alpha value is -0.700. The van der Waals surface area contributed by atoms with E-state index in [1.54, 1.807) is 6.08 Å². The molecular formula is C8H10O2S. The summed E-state index contributed by atoms with van der Waals surface area (Å²) < 4.78 is 0. The summed E-state index contributed by atoms with van der Waals surface area (Å²) in [5, 5.41) is 8.32. The van der Waals surface area contributed by atoms with Gasteiger partial charge >= 0.3 is 5.97 Å². The van der Waals surface area contributed by atoms with E-state index in [9.17, 15) is 4.79 Å². The van der Waals surface area contributed by atoms with Crippen LogP contribution >= 0.6 is 11.8 Å². The van der Waals surface area contributed by atoms with E-state index in [4.69, 9.17) is 5.11 Å². The van der Waals surface area contributed by atoms with Gasteiger partial charge in [0.05, 0.1) is 0 Å². The van der Waals surface area contributed by atoms with Crippen molar-refractivity contribution in [1.29, 1.82) is 0 Å². The number of carbonyl (C=O) groups is 1. The number of rotatable bonds is 2. The molecule has 0 spiro atoms. The molecule has 0 aromatic carbocycles. The number of hydrogen-bond donors (Lipinski definition) is 1. The summed E-state index contributed by atoms with van der Waals surface area (Å²) in [5.41, 5.74) is 1.13. The highest BCUT2D eigenvalue weighted by Gasteiger charge is 1.99. The molecule has 0 radical (unpaired) electrons. The Bertz CT molecular complexity index is 206. The Morgan fingerprint density at radius 2 is 2.55 bits per heavy atom. The average Bonchev–Trinajstić information content (AvgIpc) is 2.03. The van der Waals surface area contributed by atoms with Crippen molar-refractivity contribution in [3.63, 3.8) is 0 Å². The van der Waals surface area contributed by atoms with Gasteiger partial charge in [-0.1, -0.05) is 12.2 Å². The van der Waals surface area contributed by atoms with Gasteiger partial charge in [0, 0.05) is 11.8 Å². The SMILES string of the molecule is O=C(O)/C=C/C1=CCCSC1. The highest BCUT2D eigenvalue weighted by Crippen LogP contribution is 2.17. The third-order valence-corrected chi connectivity index (χ3v) is 2.44. The first-order valence-electron chi connectivity index (χ1n) is 3.47. The second kappa shape index (κ2) is 4.23. The fourth-order valence-electron chi connectivity index (χ4n) is 0.871. The predicted molar refractivity (Wildman–Crippen MR) is 46.8 cm³/mol. The van der Waals surface area contributed by atoms with E-state index in [2.05, 4.69) is 6.08 Å². The summed E-state index contributed by atoms with van der Waals surface area (Å²) >= 11 is 1.84. The molecule has 60 valence electrons. The summed E-state index contributed by atoms with van der Waals surface area (Å²) in [6, 6.07) is 0. The van der Waals surface area contributed by atoms with Crippen molar-refractivity contribution < 1.29 is 9.90 Å². The second-order valence-corrected chi connectivity index (χ2v) is 3.40. The topological polar surface area (TPSA) is 37.3 Å². The first-order chi connectivity index (χ1) is 5.29.